The Labute approximate surface area is 206 Å². The molecule has 1 aliphatic rings. The van der Waals surface area contributed by atoms with Crippen molar-refractivity contribution >= 4 is 15.9 Å². The molecule has 1 aliphatic heterocycles. The number of carbonyl (C=O) groups excluding carboxylic acids is 1. The number of hydrogen-bond acceptors (Lipinski definition) is 5. The third kappa shape index (κ3) is 5.18. The number of ether oxygens (including phenoxy) is 2. The van der Waals surface area contributed by atoms with Gasteiger partial charge in [-0.15, -0.1) is 0 Å². The van der Waals surface area contributed by atoms with Gasteiger partial charge in [0.2, 0.25) is 15.9 Å². The monoisotopic (exact) mass is 494 g/mol. The van der Waals surface area contributed by atoms with Gasteiger partial charge in [0.05, 0.1) is 25.0 Å². The Morgan fingerprint density at radius 2 is 1.57 bits per heavy atom. The van der Waals surface area contributed by atoms with Crippen LogP contribution in [0.15, 0.2) is 83.8 Å². The van der Waals surface area contributed by atoms with E-state index in [2.05, 4.69) is 0 Å². The van der Waals surface area contributed by atoms with Crippen LogP contribution in [0.1, 0.15) is 17.0 Å². The first kappa shape index (κ1) is 24.8. The van der Waals surface area contributed by atoms with Gasteiger partial charge in [0, 0.05) is 32.6 Å². The summed E-state index contributed by atoms with van der Waals surface area (Å²) in [6.45, 7) is 0.722. The van der Waals surface area contributed by atoms with Crippen LogP contribution in [0.25, 0.3) is 0 Å². The lowest BCUT2D eigenvalue weighted by molar-refractivity contribution is -0.134. The number of carbonyl (C=O) groups is 1. The fourth-order valence-electron chi connectivity index (χ4n) is 4.62. The fourth-order valence-corrected chi connectivity index (χ4v) is 6.11. The van der Waals surface area contributed by atoms with Crippen molar-refractivity contribution in [2.24, 2.45) is 5.92 Å². The zero-order valence-corrected chi connectivity index (χ0v) is 20.9. The molecular weight excluding hydrogens is 464 g/mol. The largest absolute Gasteiger partial charge is 0.497 e. The highest BCUT2D eigenvalue weighted by molar-refractivity contribution is 7.89. The van der Waals surface area contributed by atoms with E-state index in [1.807, 2.05) is 54.6 Å². The van der Waals surface area contributed by atoms with Gasteiger partial charge in [0.25, 0.3) is 0 Å². The minimum Gasteiger partial charge on any atom is -0.497 e. The Bertz CT molecular complexity index is 1260. The summed E-state index contributed by atoms with van der Waals surface area (Å²) in [6, 6.07) is 23.5. The Morgan fingerprint density at radius 1 is 0.914 bits per heavy atom. The van der Waals surface area contributed by atoms with Gasteiger partial charge in [-0.2, -0.15) is 4.31 Å². The van der Waals surface area contributed by atoms with Gasteiger partial charge in [-0.25, -0.2) is 8.42 Å². The number of nitrogens with zero attached hydrogens (tertiary/aromatic N) is 2. The molecule has 7 nitrogen and oxygen atoms in total. The van der Waals surface area contributed by atoms with E-state index in [4.69, 9.17) is 9.47 Å². The summed E-state index contributed by atoms with van der Waals surface area (Å²) in [7, 11) is 1.06. The number of benzene rings is 3. The van der Waals surface area contributed by atoms with Crippen molar-refractivity contribution in [3.63, 3.8) is 0 Å². The molecule has 0 radical (unpaired) electrons. The highest BCUT2D eigenvalue weighted by Gasteiger charge is 2.45. The standard InChI is InChI=1S/C27H30N2O5S/c1-28(17-20-9-5-4-6-10-20)27(30)25-19-29(18-24(25)23-11-7-8-12-26(23)34-3)35(31,32)22-15-13-21(33-2)14-16-22/h4-16,24-25H,17-19H2,1-3H3/t24-,25-/m0/s1. The maximum atomic E-state index is 13.7. The molecule has 35 heavy (non-hydrogen) atoms. The van der Waals surface area contributed by atoms with Gasteiger partial charge in [-0.05, 0) is 41.5 Å². The van der Waals surface area contributed by atoms with Crippen molar-refractivity contribution in [1.82, 2.24) is 9.21 Å². The predicted octanol–water partition coefficient (Wildman–Crippen LogP) is 3.77. The van der Waals surface area contributed by atoms with Crippen LogP contribution in [0.5, 0.6) is 11.5 Å². The highest BCUT2D eigenvalue weighted by atomic mass is 32.2. The molecule has 2 atom stereocenters. The lowest BCUT2D eigenvalue weighted by atomic mass is 9.87. The molecule has 3 aromatic carbocycles. The second kappa shape index (κ2) is 10.5. The molecule has 0 bridgehead atoms. The number of hydrogen-bond donors (Lipinski definition) is 0. The first-order valence-electron chi connectivity index (χ1n) is 11.4. The first-order chi connectivity index (χ1) is 16.8. The second-order valence-electron chi connectivity index (χ2n) is 8.63. The smallest absolute Gasteiger partial charge is 0.243 e. The van der Waals surface area contributed by atoms with Crippen LogP contribution in [0.3, 0.4) is 0 Å². The molecule has 1 saturated heterocycles. The zero-order chi connectivity index (χ0) is 25.0. The van der Waals surface area contributed by atoms with E-state index >= 15 is 0 Å². The number of methoxy groups -OCH3 is 2. The number of rotatable bonds is 8. The van der Waals surface area contributed by atoms with Crippen molar-refractivity contribution in [3.8, 4) is 11.5 Å². The number of sulfonamides is 1. The molecule has 0 N–H and O–H groups in total. The summed E-state index contributed by atoms with van der Waals surface area (Å²) < 4.78 is 39.2. The lowest BCUT2D eigenvalue weighted by Gasteiger charge is -2.25. The van der Waals surface area contributed by atoms with Gasteiger partial charge in [-0.1, -0.05) is 48.5 Å². The van der Waals surface area contributed by atoms with Crippen molar-refractivity contribution in [3.05, 3.63) is 90.0 Å². The maximum absolute atomic E-state index is 13.7. The average Bonchev–Trinajstić information content (AvgIpc) is 3.35. The van der Waals surface area contributed by atoms with Gasteiger partial charge >= 0.3 is 0 Å². The van der Waals surface area contributed by atoms with Crippen LogP contribution in [-0.4, -0.2) is 57.9 Å². The Morgan fingerprint density at radius 3 is 2.23 bits per heavy atom. The fraction of sp³-hybridized carbons (Fsp3) is 0.296. The Hall–Kier alpha value is -3.36. The molecule has 0 saturated carbocycles. The van der Waals surface area contributed by atoms with Crippen molar-refractivity contribution < 1.29 is 22.7 Å². The van der Waals surface area contributed by atoms with Crippen molar-refractivity contribution in [1.29, 1.82) is 0 Å². The first-order valence-corrected chi connectivity index (χ1v) is 12.8. The Kier molecular flexibility index (Phi) is 7.42. The summed E-state index contributed by atoms with van der Waals surface area (Å²) in [5.41, 5.74) is 1.84. The third-order valence-corrected chi connectivity index (χ3v) is 8.32. The molecule has 184 valence electrons. The molecule has 4 rings (SSSR count). The van der Waals surface area contributed by atoms with Gasteiger partial charge in [0.1, 0.15) is 11.5 Å². The van der Waals surface area contributed by atoms with Crippen LogP contribution in [0, 0.1) is 5.92 Å². The van der Waals surface area contributed by atoms with E-state index in [0.29, 0.717) is 18.0 Å². The third-order valence-electron chi connectivity index (χ3n) is 6.48. The molecule has 1 fully saturated rings. The summed E-state index contributed by atoms with van der Waals surface area (Å²) in [6.07, 6.45) is 0. The molecule has 8 heteroatoms. The zero-order valence-electron chi connectivity index (χ0n) is 20.1. The predicted molar refractivity (Wildman–Crippen MR) is 134 cm³/mol. The average molecular weight is 495 g/mol. The quantitative estimate of drug-likeness (QED) is 0.477. The summed E-state index contributed by atoms with van der Waals surface area (Å²) >= 11 is 0. The minimum absolute atomic E-state index is 0.0923. The minimum atomic E-state index is -3.81. The van der Waals surface area contributed by atoms with Crippen LogP contribution in [0.4, 0.5) is 0 Å². The van der Waals surface area contributed by atoms with Crippen molar-refractivity contribution in [2.75, 3.05) is 34.4 Å². The molecule has 1 amide bonds. The highest BCUT2D eigenvalue weighted by Crippen LogP contribution is 2.40. The van der Waals surface area contributed by atoms with E-state index in [0.717, 1.165) is 11.1 Å². The molecule has 0 unspecified atom stereocenters. The topological polar surface area (TPSA) is 76.2 Å². The van der Waals surface area contributed by atoms with E-state index in [9.17, 15) is 13.2 Å². The lowest BCUT2D eigenvalue weighted by Crippen LogP contribution is -2.36. The Balaban J connectivity index is 1.66. The van der Waals surface area contributed by atoms with Gasteiger partial charge in [0.15, 0.2) is 0 Å². The maximum Gasteiger partial charge on any atom is 0.243 e. The molecular formula is C27H30N2O5S. The normalized spacial score (nSPS) is 18.3. The van der Waals surface area contributed by atoms with Crippen LogP contribution >= 0.6 is 0 Å². The summed E-state index contributed by atoms with van der Waals surface area (Å²) in [5, 5.41) is 0. The number of para-hydroxylation sites is 1. The summed E-state index contributed by atoms with van der Waals surface area (Å²) in [4.78, 5) is 15.5. The molecule has 0 spiro atoms. The van der Waals surface area contributed by atoms with E-state index in [1.165, 1.54) is 23.5 Å². The summed E-state index contributed by atoms with van der Waals surface area (Å²) in [5.74, 6) is 0.229. The van der Waals surface area contributed by atoms with E-state index < -0.39 is 15.9 Å². The van der Waals surface area contributed by atoms with E-state index in [-0.39, 0.29) is 29.8 Å². The molecule has 3 aromatic rings. The van der Waals surface area contributed by atoms with Gasteiger partial charge < -0.3 is 14.4 Å². The molecule has 0 aliphatic carbocycles. The van der Waals surface area contributed by atoms with Crippen LogP contribution < -0.4 is 9.47 Å². The van der Waals surface area contributed by atoms with E-state index in [1.54, 1.807) is 31.2 Å². The van der Waals surface area contributed by atoms with Gasteiger partial charge in [-0.3, -0.25) is 4.79 Å². The van der Waals surface area contributed by atoms with Crippen molar-refractivity contribution in [2.45, 2.75) is 17.4 Å². The second-order valence-corrected chi connectivity index (χ2v) is 10.6. The van der Waals surface area contributed by atoms with Crippen LogP contribution in [-0.2, 0) is 21.4 Å². The molecule has 1 heterocycles. The molecule has 0 aromatic heterocycles. The SMILES string of the molecule is COc1ccc(S(=O)(=O)N2C[C@H](C(=O)N(C)Cc3ccccc3)[C@H](c3ccccc3OC)C2)cc1. The van der Waals surface area contributed by atoms with Crippen LogP contribution in [0.2, 0.25) is 0 Å². The number of amides is 1.